The van der Waals surface area contributed by atoms with E-state index in [-0.39, 0.29) is 22.9 Å². The predicted octanol–water partition coefficient (Wildman–Crippen LogP) is 3.58. The Morgan fingerprint density at radius 3 is 2.31 bits per heavy atom. The van der Waals surface area contributed by atoms with Gasteiger partial charge in [-0.05, 0) is 49.4 Å². The largest absolute Gasteiger partial charge is 0.322 e. The number of hydrogen-bond acceptors (Lipinski definition) is 4. The number of carbonyl (C=O) groups excluding carboxylic acids is 2. The lowest BCUT2D eigenvalue weighted by molar-refractivity contribution is 0.100. The van der Waals surface area contributed by atoms with E-state index in [1.165, 1.54) is 18.5 Å². The van der Waals surface area contributed by atoms with Crippen molar-refractivity contribution in [1.82, 2.24) is 4.98 Å². The summed E-state index contributed by atoms with van der Waals surface area (Å²) in [6, 6.07) is 15.9. The van der Waals surface area contributed by atoms with Crippen LogP contribution in [0.4, 0.5) is 5.69 Å². The van der Waals surface area contributed by atoms with Crippen LogP contribution in [0.15, 0.2) is 71.4 Å². The number of aryl methyl sites for hydroxylation is 1. The zero-order valence-corrected chi connectivity index (χ0v) is 16.2. The first-order valence-corrected chi connectivity index (χ1v) is 9.24. The molecule has 0 unspecified atom stereocenters. The lowest BCUT2D eigenvalue weighted by atomic mass is 10.1. The SMILES string of the molecule is Cc1ccc(C(=O)Nc2ccc(C#Cc3cncc(C(=O)N=S=O)c3)cc2)cc1. The second kappa shape index (κ2) is 9.35. The highest BCUT2D eigenvalue weighted by Gasteiger charge is 2.06. The number of nitrogens with one attached hydrogen (secondary N) is 1. The van der Waals surface area contributed by atoms with Crippen molar-refractivity contribution in [2.75, 3.05) is 5.32 Å². The molecule has 1 heterocycles. The van der Waals surface area contributed by atoms with Crippen molar-refractivity contribution in [3.8, 4) is 11.8 Å². The highest BCUT2D eigenvalue weighted by Crippen LogP contribution is 2.12. The number of carbonyl (C=O) groups is 2. The minimum atomic E-state index is -0.644. The smallest absolute Gasteiger partial charge is 0.291 e. The van der Waals surface area contributed by atoms with E-state index in [0.29, 0.717) is 16.8 Å². The third-order valence-corrected chi connectivity index (χ3v) is 4.15. The first kappa shape index (κ1) is 19.9. The van der Waals surface area contributed by atoms with Crippen LogP contribution in [0.25, 0.3) is 0 Å². The van der Waals surface area contributed by atoms with E-state index in [4.69, 9.17) is 0 Å². The molecule has 0 aliphatic rings. The molecular formula is C22H15N3O3S. The van der Waals surface area contributed by atoms with Gasteiger partial charge in [-0.2, -0.15) is 4.21 Å². The fraction of sp³-hybridized carbons (Fsp3) is 0.0455. The van der Waals surface area contributed by atoms with Crippen molar-refractivity contribution in [3.05, 3.63) is 94.8 Å². The van der Waals surface area contributed by atoms with Gasteiger partial charge in [-0.25, -0.2) is 0 Å². The number of benzene rings is 2. The van der Waals surface area contributed by atoms with Gasteiger partial charge in [-0.1, -0.05) is 29.5 Å². The highest BCUT2D eigenvalue weighted by atomic mass is 32.1. The highest BCUT2D eigenvalue weighted by molar-refractivity contribution is 7.55. The normalized spacial score (nSPS) is 9.69. The molecule has 0 atom stereocenters. The summed E-state index contributed by atoms with van der Waals surface area (Å²) in [6.45, 7) is 1.96. The average molecular weight is 401 g/mol. The molecule has 29 heavy (non-hydrogen) atoms. The fourth-order valence-corrected chi connectivity index (χ4v) is 2.57. The van der Waals surface area contributed by atoms with Crippen LogP contribution in [0.3, 0.4) is 0 Å². The van der Waals surface area contributed by atoms with Crippen molar-refractivity contribution < 1.29 is 13.8 Å². The van der Waals surface area contributed by atoms with Gasteiger partial charge in [0.2, 0.25) is 11.5 Å². The predicted molar refractivity (Wildman–Crippen MR) is 111 cm³/mol. The summed E-state index contributed by atoms with van der Waals surface area (Å²) < 4.78 is 13.6. The minimum absolute atomic E-state index is 0.143. The number of rotatable bonds is 3. The Bertz CT molecular complexity index is 1170. The van der Waals surface area contributed by atoms with E-state index in [0.717, 1.165) is 11.1 Å². The quantitative estimate of drug-likeness (QED) is 0.680. The molecule has 0 aliphatic heterocycles. The molecule has 0 saturated heterocycles. The van der Waals surface area contributed by atoms with Crippen molar-refractivity contribution in [1.29, 1.82) is 0 Å². The zero-order valence-electron chi connectivity index (χ0n) is 15.4. The van der Waals surface area contributed by atoms with E-state index in [9.17, 15) is 13.8 Å². The molecule has 142 valence electrons. The molecule has 0 aliphatic carbocycles. The molecule has 2 aromatic carbocycles. The summed E-state index contributed by atoms with van der Waals surface area (Å²) in [5.74, 6) is 5.05. The second-order valence-electron chi connectivity index (χ2n) is 6.08. The van der Waals surface area contributed by atoms with Gasteiger partial charge in [0.25, 0.3) is 11.8 Å². The van der Waals surface area contributed by atoms with Gasteiger partial charge < -0.3 is 5.32 Å². The molecule has 0 spiro atoms. The standard InChI is InChI=1S/C22H15N3O3S/c1-15-2-8-18(9-3-15)21(26)24-20-10-6-16(7-11-20)4-5-17-12-19(14-23-13-17)22(27)25-29-28/h2-3,6-14H,1H3,(H,24,26). The molecule has 6 nitrogen and oxygen atoms in total. The first-order chi connectivity index (χ1) is 14.0. The molecule has 0 bridgehead atoms. The van der Waals surface area contributed by atoms with Crippen molar-refractivity contribution in [3.63, 3.8) is 0 Å². The lowest BCUT2D eigenvalue weighted by Gasteiger charge is -2.05. The third-order valence-electron chi connectivity index (χ3n) is 3.91. The van der Waals surface area contributed by atoms with Gasteiger partial charge >= 0.3 is 0 Å². The molecule has 0 fully saturated rings. The van der Waals surface area contributed by atoms with Gasteiger partial charge in [0.05, 0.1) is 5.56 Å². The van der Waals surface area contributed by atoms with Gasteiger partial charge in [-0.15, -0.1) is 4.36 Å². The molecule has 1 aromatic heterocycles. The number of amides is 2. The molecule has 0 radical (unpaired) electrons. The van der Waals surface area contributed by atoms with E-state index in [1.807, 2.05) is 19.1 Å². The number of nitrogens with zero attached hydrogens (tertiary/aromatic N) is 2. The molecule has 1 N–H and O–H groups in total. The molecule has 3 aromatic rings. The maximum atomic E-state index is 12.3. The third kappa shape index (κ3) is 5.54. The van der Waals surface area contributed by atoms with Crippen LogP contribution in [0.1, 0.15) is 37.4 Å². The van der Waals surface area contributed by atoms with Gasteiger partial charge in [0.1, 0.15) is 0 Å². The van der Waals surface area contributed by atoms with Gasteiger partial charge in [0.15, 0.2) is 0 Å². The van der Waals surface area contributed by atoms with E-state index in [1.54, 1.807) is 36.4 Å². The summed E-state index contributed by atoms with van der Waals surface area (Å²) in [6.07, 6.45) is 2.85. The van der Waals surface area contributed by atoms with Crippen LogP contribution in [-0.2, 0) is 11.5 Å². The zero-order chi connectivity index (χ0) is 20.6. The molecule has 0 saturated carbocycles. The molecular weight excluding hydrogens is 386 g/mol. The van der Waals surface area contributed by atoms with Crippen LogP contribution >= 0.6 is 0 Å². The maximum absolute atomic E-state index is 12.3. The summed E-state index contributed by atoms with van der Waals surface area (Å²) in [4.78, 5) is 27.8. The Kier molecular flexibility index (Phi) is 6.40. The topological polar surface area (TPSA) is 88.5 Å². The molecule has 2 amide bonds. The van der Waals surface area contributed by atoms with Gasteiger partial charge in [-0.3, -0.25) is 14.6 Å². The summed E-state index contributed by atoms with van der Waals surface area (Å²) in [7, 11) is 0. The van der Waals surface area contributed by atoms with Crippen LogP contribution in [-0.4, -0.2) is 21.0 Å². The van der Waals surface area contributed by atoms with Crippen molar-refractivity contribution in [2.45, 2.75) is 6.92 Å². The van der Waals surface area contributed by atoms with Crippen LogP contribution in [0.2, 0.25) is 0 Å². The van der Waals surface area contributed by atoms with E-state index in [2.05, 4.69) is 26.5 Å². The second-order valence-corrected chi connectivity index (χ2v) is 6.41. The number of aromatic nitrogens is 1. The van der Waals surface area contributed by atoms with Crippen LogP contribution < -0.4 is 5.32 Å². The molecule has 7 heteroatoms. The average Bonchev–Trinajstić information content (AvgIpc) is 2.74. The monoisotopic (exact) mass is 401 g/mol. The molecule has 3 rings (SSSR count). The Morgan fingerprint density at radius 2 is 1.62 bits per heavy atom. The number of anilines is 1. The van der Waals surface area contributed by atoms with Crippen molar-refractivity contribution in [2.24, 2.45) is 4.36 Å². The Labute approximate surface area is 171 Å². The summed E-state index contributed by atoms with van der Waals surface area (Å²) >= 11 is -0.143. The summed E-state index contributed by atoms with van der Waals surface area (Å²) in [5, 5.41) is 2.84. The van der Waals surface area contributed by atoms with E-state index >= 15 is 0 Å². The Hall–Kier alpha value is -3.89. The van der Waals surface area contributed by atoms with Crippen molar-refractivity contribution >= 4 is 29.0 Å². The number of pyridine rings is 1. The van der Waals surface area contributed by atoms with Gasteiger partial charge in [0, 0.05) is 34.8 Å². The summed E-state index contributed by atoms with van der Waals surface area (Å²) in [5.41, 5.74) is 3.80. The Balaban J connectivity index is 1.69. The minimum Gasteiger partial charge on any atom is -0.322 e. The van der Waals surface area contributed by atoms with Crippen LogP contribution in [0.5, 0.6) is 0 Å². The van der Waals surface area contributed by atoms with Crippen LogP contribution in [0, 0.1) is 18.8 Å². The maximum Gasteiger partial charge on any atom is 0.291 e. The fourth-order valence-electron chi connectivity index (χ4n) is 2.40. The number of hydrogen-bond donors (Lipinski definition) is 1. The van der Waals surface area contributed by atoms with E-state index < -0.39 is 5.91 Å². The lowest BCUT2D eigenvalue weighted by Crippen LogP contribution is -2.11. The Morgan fingerprint density at radius 1 is 0.931 bits per heavy atom. The first-order valence-electron chi connectivity index (χ1n) is 8.54.